The third-order valence-corrected chi connectivity index (χ3v) is 8.63. The van der Waals surface area contributed by atoms with Crippen LogP contribution >= 0.6 is 0 Å². The van der Waals surface area contributed by atoms with E-state index in [0.29, 0.717) is 53.9 Å². The van der Waals surface area contributed by atoms with Gasteiger partial charge in [-0.3, -0.25) is 14.7 Å². The average Bonchev–Trinajstić information content (AvgIpc) is 3.54. The number of carbonyl (C=O) groups excluding carboxylic acids is 2. The van der Waals surface area contributed by atoms with E-state index in [9.17, 15) is 14.7 Å². The second-order valence-electron chi connectivity index (χ2n) is 12.7. The first-order valence-electron chi connectivity index (χ1n) is 16.6. The quantitative estimate of drug-likeness (QED) is 0.291. The van der Waals surface area contributed by atoms with Crippen molar-refractivity contribution >= 4 is 23.3 Å². The topological polar surface area (TPSA) is 135 Å². The molecular formula is C36H47N5O7. The normalized spacial score (nSPS) is 20.8. The molecule has 3 aromatic rings. The number of hydrogen-bond acceptors (Lipinski definition) is 9. The Hall–Kier alpha value is -4.39. The first-order valence-corrected chi connectivity index (χ1v) is 16.6. The second kappa shape index (κ2) is 16.6. The van der Waals surface area contributed by atoms with Crippen LogP contribution in [0.2, 0.25) is 0 Å². The molecule has 3 amide bonds. The summed E-state index contributed by atoms with van der Waals surface area (Å²) in [5, 5.41) is 15.9. The molecule has 2 aromatic carbocycles. The number of aliphatic hydroxyl groups excluding tert-OH is 1. The Bertz CT molecular complexity index is 1520. The monoisotopic (exact) mass is 661 g/mol. The van der Waals surface area contributed by atoms with E-state index in [2.05, 4.69) is 34.5 Å². The van der Waals surface area contributed by atoms with Gasteiger partial charge in [0.2, 0.25) is 6.79 Å². The molecule has 0 unspecified atom stereocenters. The fourth-order valence-corrected chi connectivity index (χ4v) is 5.90. The van der Waals surface area contributed by atoms with Gasteiger partial charge in [-0.15, -0.1) is 0 Å². The zero-order chi connectivity index (χ0) is 34.0. The number of nitrogens with one attached hydrogen (secondary N) is 2. The summed E-state index contributed by atoms with van der Waals surface area (Å²) in [6, 6.07) is 13.3. The van der Waals surface area contributed by atoms with Crippen molar-refractivity contribution in [2.24, 2.45) is 5.92 Å². The maximum absolute atomic E-state index is 14.4. The number of aliphatic hydroxyl groups is 1. The SMILES string of the molecule is C[C@@H]1CCCCO[C@H](CN(C)Cc2ccncc2)[C@@H](C)CN([C@@H](C)CO)C(=O)c2cc(NC(=O)Nc3ccc4c(c3)OCO4)ccc2O1. The van der Waals surface area contributed by atoms with Crippen molar-refractivity contribution in [3.63, 3.8) is 0 Å². The van der Waals surface area contributed by atoms with E-state index in [0.717, 1.165) is 31.4 Å². The Morgan fingerprint density at radius 2 is 1.73 bits per heavy atom. The number of likely N-dealkylation sites (N-methyl/N-ethyl adjacent to an activating group) is 1. The van der Waals surface area contributed by atoms with Crippen molar-refractivity contribution in [1.82, 2.24) is 14.8 Å². The summed E-state index contributed by atoms with van der Waals surface area (Å²) >= 11 is 0. The summed E-state index contributed by atoms with van der Waals surface area (Å²) in [5.41, 5.74) is 2.41. The van der Waals surface area contributed by atoms with Crippen LogP contribution in [-0.2, 0) is 11.3 Å². The molecule has 0 saturated carbocycles. The molecule has 2 aliphatic rings. The molecule has 5 rings (SSSR count). The Balaban J connectivity index is 1.36. The van der Waals surface area contributed by atoms with Crippen LogP contribution in [0.25, 0.3) is 0 Å². The molecule has 3 heterocycles. The van der Waals surface area contributed by atoms with Crippen molar-refractivity contribution in [2.75, 3.05) is 50.8 Å². The minimum atomic E-state index is -0.485. The number of hydrogen-bond donors (Lipinski definition) is 3. The maximum atomic E-state index is 14.4. The molecule has 1 aromatic heterocycles. The third-order valence-electron chi connectivity index (χ3n) is 8.63. The number of rotatable bonds is 8. The highest BCUT2D eigenvalue weighted by Gasteiger charge is 2.30. The first-order chi connectivity index (χ1) is 23.2. The van der Waals surface area contributed by atoms with Crippen molar-refractivity contribution in [1.29, 1.82) is 0 Å². The molecule has 0 fully saturated rings. The van der Waals surface area contributed by atoms with Gasteiger partial charge in [-0.05, 0) is 88.2 Å². The molecule has 12 heteroatoms. The van der Waals surface area contributed by atoms with Crippen LogP contribution < -0.4 is 24.8 Å². The fraction of sp³-hybridized carbons (Fsp3) is 0.472. The maximum Gasteiger partial charge on any atom is 0.323 e. The number of carbonyl (C=O) groups is 2. The van der Waals surface area contributed by atoms with Crippen LogP contribution in [0, 0.1) is 5.92 Å². The van der Waals surface area contributed by atoms with Gasteiger partial charge in [0.05, 0.1) is 30.4 Å². The Morgan fingerprint density at radius 1 is 1.02 bits per heavy atom. The van der Waals surface area contributed by atoms with Crippen LogP contribution in [0.5, 0.6) is 17.2 Å². The van der Waals surface area contributed by atoms with Gasteiger partial charge < -0.3 is 39.6 Å². The smallest absolute Gasteiger partial charge is 0.323 e. The van der Waals surface area contributed by atoms with E-state index in [1.54, 1.807) is 53.7 Å². The molecule has 0 radical (unpaired) electrons. The van der Waals surface area contributed by atoms with E-state index in [1.165, 1.54) is 0 Å². The zero-order valence-electron chi connectivity index (χ0n) is 28.2. The van der Waals surface area contributed by atoms with E-state index in [1.807, 2.05) is 26.0 Å². The summed E-state index contributed by atoms with van der Waals surface area (Å²) < 4.78 is 23.6. The summed E-state index contributed by atoms with van der Waals surface area (Å²) in [7, 11) is 2.06. The number of nitrogens with zero attached hydrogens (tertiary/aromatic N) is 3. The summed E-state index contributed by atoms with van der Waals surface area (Å²) in [6.45, 7) is 8.18. The number of amides is 3. The predicted molar refractivity (Wildman–Crippen MR) is 183 cm³/mol. The molecule has 0 saturated heterocycles. The predicted octanol–water partition coefficient (Wildman–Crippen LogP) is 5.38. The Kier molecular flexibility index (Phi) is 12.1. The highest BCUT2D eigenvalue weighted by Crippen LogP contribution is 2.34. The van der Waals surface area contributed by atoms with Gasteiger partial charge in [0.1, 0.15) is 5.75 Å². The van der Waals surface area contributed by atoms with Gasteiger partial charge in [0, 0.05) is 62.0 Å². The molecule has 3 N–H and O–H groups in total. The molecule has 2 aliphatic heterocycles. The van der Waals surface area contributed by atoms with Crippen LogP contribution in [0.3, 0.4) is 0 Å². The number of pyridine rings is 1. The third kappa shape index (κ3) is 9.36. The van der Waals surface area contributed by atoms with Crippen LogP contribution in [0.15, 0.2) is 60.9 Å². The van der Waals surface area contributed by atoms with E-state index in [4.69, 9.17) is 18.9 Å². The molecule has 0 spiro atoms. The van der Waals surface area contributed by atoms with Crippen LogP contribution in [0.1, 0.15) is 56.0 Å². The number of anilines is 2. The lowest BCUT2D eigenvalue weighted by atomic mass is 10.0. The highest BCUT2D eigenvalue weighted by atomic mass is 16.7. The van der Waals surface area contributed by atoms with Crippen molar-refractivity contribution < 1.29 is 33.6 Å². The average molecular weight is 662 g/mol. The zero-order valence-corrected chi connectivity index (χ0v) is 28.2. The summed E-state index contributed by atoms with van der Waals surface area (Å²) in [4.78, 5) is 35.4. The van der Waals surface area contributed by atoms with Gasteiger partial charge in [-0.2, -0.15) is 0 Å². The largest absolute Gasteiger partial charge is 0.490 e. The van der Waals surface area contributed by atoms with Gasteiger partial charge >= 0.3 is 6.03 Å². The number of urea groups is 1. The second-order valence-corrected chi connectivity index (χ2v) is 12.7. The fourth-order valence-electron chi connectivity index (χ4n) is 5.90. The van der Waals surface area contributed by atoms with E-state index >= 15 is 0 Å². The molecule has 12 nitrogen and oxygen atoms in total. The lowest BCUT2D eigenvalue weighted by molar-refractivity contribution is -0.0177. The van der Waals surface area contributed by atoms with Gasteiger partial charge in [-0.25, -0.2) is 4.79 Å². The van der Waals surface area contributed by atoms with Crippen molar-refractivity contribution in [2.45, 2.75) is 64.8 Å². The number of benzene rings is 2. The Labute approximate surface area is 282 Å². The van der Waals surface area contributed by atoms with Crippen molar-refractivity contribution in [3.05, 3.63) is 72.1 Å². The first kappa shape index (κ1) is 34.9. The minimum Gasteiger partial charge on any atom is -0.490 e. The van der Waals surface area contributed by atoms with Crippen molar-refractivity contribution in [3.8, 4) is 17.2 Å². The Morgan fingerprint density at radius 3 is 2.48 bits per heavy atom. The lowest BCUT2D eigenvalue weighted by Gasteiger charge is -2.36. The molecule has 0 aliphatic carbocycles. The van der Waals surface area contributed by atoms with Crippen LogP contribution in [0.4, 0.5) is 16.2 Å². The number of aromatic nitrogens is 1. The molecular weight excluding hydrogens is 614 g/mol. The molecule has 4 atom stereocenters. The summed E-state index contributed by atoms with van der Waals surface area (Å²) in [6.07, 6.45) is 5.85. The molecule has 0 bridgehead atoms. The van der Waals surface area contributed by atoms with E-state index in [-0.39, 0.29) is 37.4 Å². The minimum absolute atomic E-state index is 0.0529. The summed E-state index contributed by atoms with van der Waals surface area (Å²) in [5.74, 6) is 1.25. The standard InChI is InChI=1S/C36H47N5O7/c1-24-19-41(25(2)22-42)35(43)30-17-28(38-36(44)39-29-9-11-32-33(18-29)47-23-46-32)8-10-31(30)48-26(3)7-5-6-16-45-34(24)21-40(4)20-27-12-14-37-15-13-27/h8-15,17-18,24-26,34,42H,5-7,16,19-23H2,1-4H3,(H2,38,39,44)/t24-,25-,26+,34+/m0/s1. The van der Waals surface area contributed by atoms with Crippen LogP contribution in [-0.4, -0.2) is 90.2 Å². The molecule has 48 heavy (non-hydrogen) atoms. The molecule has 258 valence electrons. The lowest BCUT2D eigenvalue weighted by Crippen LogP contribution is -2.47. The van der Waals surface area contributed by atoms with Gasteiger partial charge in [0.15, 0.2) is 11.5 Å². The van der Waals surface area contributed by atoms with E-state index < -0.39 is 12.1 Å². The van der Waals surface area contributed by atoms with Gasteiger partial charge in [0.25, 0.3) is 5.91 Å². The van der Waals surface area contributed by atoms with Gasteiger partial charge in [-0.1, -0.05) is 6.92 Å². The number of fused-ring (bicyclic) bond motifs is 2. The number of ether oxygens (including phenoxy) is 4. The highest BCUT2D eigenvalue weighted by molar-refractivity contribution is 6.02.